The van der Waals surface area contributed by atoms with E-state index in [1.165, 1.54) is 0 Å². The number of alkyl halides is 1. The van der Waals surface area contributed by atoms with E-state index in [-0.39, 0.29) is 11.4 Å². The van der Waals surface area contributed by atoms with Gasteiger partial charge < -0.3 is 5.32 Å². The molecule has 1 N–H and O–H groups in total. The van der Waals surface area contributed by atoms with E-state index in [0.29, 0.717) is 10.6 Å². The molecule has 0 bridgehead atoms. The zero-order chi connectivity index (χ0) is 16.3. The molecule has 2 aromatic rings. The number of amides is 1. The van der Waals surface area contributed by atoms with Gasteiger partial charge in [0.05, 0.1) is 0 Å². The van der Waals surface area contributed by atoms with Gasteiger partial charge in [0, 0.05) is 16.1 Å². The van der Waals surface area contributed by atoms with Crippen LogP contribution in [0.2, 0.25) is 5.02 Å². The monoisotopic (exact) mass is 335 g/mol. The summed E-state index contributed by atoms with van der Waals surface area (Å²) in [5, 5.41) is 2.69. The van der Waals surface area contributed by atoms with Crippen LogP contribution in [0.1, 0.15) is 31.7 Å². The highest BCUT2D eigenvalue weighted by Gasteiger charge is 2.23. The van der Waals surface area contributed by atoms with Crippen molar-refractivity contribution in [2.75, 3.05) is 0 Å². The summed E-state index contributed by atoms with van der Waals surface area (Å²) in [4.78, 5) is 12.1. The molecule has 1 unspecified atom stereocenters. The molecule has 1 atom stereocenters. The quantitative estimate of drug-likeness (QED) is 0.767. The highest BCUT2D eigenvalue weighted by molar-refractivity contribution is 6.34. The van der Waals surface area contributed by atoms with E-state index in [9.17, 15) is 4.79 Å². The van der Waals surface area contributed by atoms with Gasteiger partial charge >= 0.3 is 0 Å². The molecule has 0 spiro atoms. The third-order valence-corrected chi connectivity index (χ3v) is 3.86. The molecule has 2 aromatic carbocycles. The molecule has 0 heterocycles. The first-order valence-corrected chi connectivity index (χ1v) is 7.90. The van der Waals surface area contributed by atoms with Crippen molar-refractivity contribution < 1.29 is 4.79 Å². The molecule has 0 saturated carbocycles. The van der Waals surface area contributed by atoms with Crippen LogP contribution in [0.15, 0.2) is 48.5 Å². The summed E-state index contributed by atoms with van der Waals surface area (Å²) in [6.07, 6.45) is 0. The summed E-state index contributed by atoms with van der Waals surface area (Å²) in [7, 11) is 0. The number of hydrogen-bond donors (Lipinski definition) is 1. The van der Waals surface area contributed by atoms with Gasteiger partial charge in [0.2, 0.25) is 5.91 Å². The smallest absolute Gasteiger partial charge is 0.243 e. The molecule has 4 heteroatoms. The Kier molecular flexibility index (Phi) is 5.15. The zero-order valence-corrected chi connectivity index (χ0v) is 14.4. The predicted molar refractivity (Wildman–Crippen MR) is 93.4 cm³/mol. The van der Waals surface area contributed by atoms with Crippen molar-refractivity contribution >= 4 is 29.1 Å². The number of rotatable bonds is 3. The summed E-state index contributed by atoms with van der Waals surface area (Å²) < 4.78 is 0. The largest absolute Gasteiger partial charge is 0.350 e. The first-order valence-electron chi connectivity index (χ1n) is 7.09. The molecular weight excluding hydrogens is 317 g/mol. The Labute approximate surface area is 141 Å². The summed E-state index contributed by atoms with van der Waals surface area (Å²) in [5.74, 6) is -0.224. The van der Waals surface area contributed by atoms with Crippen molar-refractivity contribution in [3.05, 3.63) is 59.1 Å². The number of benzene rings is 2. The van der Waals surface area contributed by atoms with Crippen molar-refractivity contribution in [3.8, 4) is 11.1 Å². The van der Waals surface area contributed by atoms with E-state index < -0.39 is 5.38 Å². The fourth-order valence-corrected chi connectivity index (χ4v) is 2.61. The Hall–Kier alpha value is -1.51. The lowest BCUT2D eigenvalue weighted by Gasteiger charge is -2.22. The Morgan fingerprint density at radius 3 is 2.27 bits per heavy atom. The highest BCUT2D eigenvalue weighted by atomic mass is 35.5. The van der Waals surface area contributed by atoms with Gasteiger partial charge in [-0.3, -0.25) is 4.79 Å². The molecule has 1 amide bonds. The fraction of sp³-hybridized carbons (Fsp3) is 0.278. The van der Waals surface area contributed by atoms with Crippen molar-refractivity contribution in [2.24, 2.45) is 0 Å². The Morgan fingerprint density at radius 2 is 1.73 bits per heavy atom. The van der Waals surface area contributed by atoms with E-state index in [2.05, 4.69) is 5.32 Å². The van der Waals surface area contributed by atoms with Crippen LogP contribution in [0.25, 0.3) is 11.1 Å². The second-order valence-corrected chi connectivity index (χ2v) is 7.05. The van der Waals surface area contributed by atoms with Gasteiger partial charge in [-0.15, -0.1) is 11.6 Å². The maximum Gasteiger partial charge on any atom is 0.243 e. The lowest BCUT2D eigenvalue weighted by Crippen LogP contribution is -2.42. The highest BCUT2D eigenvalue weighted by Crippen LogP contribution is 2.32. The molecule has 0 fully saturated rings. The third kappa shape index (κ3) is 4.25. The molecule has 0 aliphatic rings. The lowest BCUT2D eigenvalue weighted by molar-refractivity contribution is -0.122. The Morgan fingerprint density at radius 1 is 1.09 bits per heavy atom. The topological polar surface area (TPSA) is 29.1 Å². The van der Waals surface area contributed by atoms with E-state index >= 15 is 0 Å². The average Bonchev–Trinajstić information content (AvgIpc) is 2.45. The van der Waals surface area contributed by atoms with Gasteiger partial charge in [-0.2, -0.15) is 0 Å². The summed E-state index contributed by atoms with van der Waals surface area (Å²) >= 11 is 12.6. The number of carbonyl (C=O) groups excluding carboxylic acids is 1. The van der Waals surface area contributed by atoms with Crippen LogP contribution < -0.4 is 5.32 Å². The molecular formula is C18H19Cl2NO. The van der Waals surface area contributed by atoms with Gasteiger partial charge in [-0.1, -0.05) is 54.1 Å². The van der Waals surface area contributed by atoms with Crippen LogP contribution in [0.4, 0.5) is 0 Å². The van der Waals surface area contributed by atoms with Gasteiger partial charge in [0.15, 0.2) is 0 Å². The minimum absolute atomic E-state index is 0.224. The van der Waals surface area contributed by atoms with Crippen molar-refractivity contribution in [2.45, 2.75) is 31.7 Å². The van der Waals surface area contributed by atoms with E-state index in [1.54, 1.807) is 6.07 Å². The fourth-order valence-electron chi connectivity index (χ4n) is 2.13. The van der Waals surface area contributed by atoms with Crippen LogP contribution in [0.3, 0.4) is 0 Å². The van der Waals surface area contributed by atoms with Gasteiger partial charge in [-0.05, 0) is 38.0 Å². The first-order chi connectivity index (χ1) is 10.3. The molecule has 0 saturated heterocycles. The SMILES string of the molecule is CC(C)(C)NC(=O)C(Cl)c1ccc(-c2ccccc2)c(Cl)c1. The average molecular weight is 336 g/mol. The number of carbonyl (C=O) groups is 1. The Balaban J connectivity index is 2.24. The molecule has 116 valence electrons. The number of nitrogens with one attached hydrogen (secondary N) is 1. The molecule has 2 rings (SSSR count). The molecule has 0 aliphatic heterocycles. The molecule has 0 aliphatic carbocycles. The molecule has 2 nitrogen and oxygen atoms in total. The van der Waals surface area contributed by atoms with Crippen molar-refractivity contribution in [1.29, 1.82) is 0 Å². The van der Waals surface area contributed by atoms with Crippen molar-refractivity contribution in [3.63, 3.8) is 0 Å². The molecule has 22 heavy (non-hydrogen) atoms. The zero-order valence-electron chi connectivity index (χ0n) is 12.9. The van der Waals surface area contributed by atoms with Crippen molar-refractivity contribution in [1.82, 2.24) is 5.32 Å². The maximum absolute atomic E-state index is 12.1. The van der Waals surface area contributed by atoms with Gasteiger partial charge in [0.25, 0.3) is 0 Å². The van der Waals surface area contributed by atoms with Crippen LogP contribution in [0.5, 0.6) is 0 Å². The normalized spacial score (nSPS) is 12.8. The Bertz CT molecular complexity index is 663. The van der Waals surface area contributed by atoms with E-state index in [4.69, 9.17) is 23.2 Å². The summed E-state index contributed by atoms with van der Waals surface area (Å²) in [6, 6.07) is 15.3. The second kappa shape index (κ2) is 6.72. The number of hydrogen-bond acceptors (Lipinski definition) is 1. The van der Waals surface area contributed by atoms with Crippen LogP contribution in [-0.4, -0.2) is 11.4 Å². The molecule has 0 radical (unpaired) electrons. The lowest BCUT2D eigenvalue weighted by atomic mass is 10.0. The maximum atomic E-state index is 12.1. The minimum Gasteiger partial charge on any atom is -0.350 e. The second-order valence-electron chi connectivity index (χ2n) is 6.21. The summed E-state index contributed by atoms with van der Waals surface area (Å²) in [6.45, 7) is 5.75. The van der Waals surface area contributed by atoms with Crippen LogP contribution in [-0.2, 0) is 4.79 Å². The summed E-state index contributed by atoms with van der Waals surface area (Å²) in [5.41, 5.74) is 2.32. The number of halogens is 2. The van der Waals surface area contributed by atoms with E-state index in [0.717, 1.165) is 11.1 Å². The molecule has 0 aromatic heterocycles. The predicted octanol–water partition coefficient (Wildman–Crippen LogP) is 5.20. The van der Waals surface area contributed by atoms with E-state index in [1.807, 2.05) is 63.2 Å². The first kappa shape index (κ1) is 16.9. The van der Waals surface area contributed by atoms with Gasteiger partial charge in [0.1, 0.15) is 5.38 Å². The standard InChI is InChI=1S/C18H19Cl2NO/c1-18(2,3)21-17(22)16(20)13-9-10-14(15(19)11-13)12-7-5-4-6-8-12/h4-11,16H,1-3H3,(H,21,22). The minimum atomic E-state index is -0.762. The van der Waals surface area contributed by atoms with Crippen LogP contribution >= 0.6 is 23.2 Å². The third-order valence-electron chi connectivity index (χ3n) is 3.10. The van der Waals surface area contributed by atoms with Crippen LogP contribution in [0, 0.1) is 0 Å². The van der Waals surface area contributed by atoms with Gasteiger partial charge in [-0.25, -0.2) is 0 Å².